The minimum atomic E-state index is -0.993. The van der Waals surface area contributed by atoms with Gasteiger partial charge in [-0.1, -0.05) is 12.1 Å². The molecule has 2 aromatic rings. The number of carboxylic acids is 1. The van der Waals surface area contributed by atoms with Gasteiger partial charge < -0.3 is 14.4 Å². The molecular weight excluding hydrogens is 246 g/mol. The lowest BCUT2D eigenvalue weighted by Crippen LogP contribution is -2.14. The van der Waals surface area contributed by atoms with E-state index in [4.69, 9.17) is 0 Å². The molecule has 0 unspecified atom stereocenters. The number of nitrogens with zero attached hydrogens (tertiary/aromatic N) is 1. The summed E-state index contributed by atoms with van der Waals surface area (Å²) in [6.07, 6.45) is 0. The molecule has 0 aliphatic carbocycles. The van der Waals surface area contributed by atoms with E-state index in [-0.39, 0.29) is 12.1 Å². The normalized spacial score (nSPS) is 10.7. The lowest BCUT2D eigenvalue weighted by Gasteiger charge is -2.10. The monoisotopic (exact) mass is 261 g/mol. The summed E-state index contributed by atoms with van der Waals surface area (Å²) in [6.45, 7) is 3.59. The summed E-state index contributed by atoms with van der Waals surface area (Å²) >= 11 is 0. The van der Waals surface area contributed by atoms with Gasteiger partial charge in [0.25, 0.3) is 0 Å². The van der Waals surface area contributed by atoms with Gasteiger partial charge in [0.15, 0.2) is 0 Å². The fraction of sp³-hybridized carbons (Fsp3) is 0.286. The highest BCUT2D eigenvalue weighted by Crippen LogP contribution is 2.26. The van der Waals surface area contributed by atoms with Crippen molar-refractivity contribution in [2.24, 2.45) is 0 Å². The number of fused-ring (bicyclic) bond motifs is 1. The molecule has 1 heterocycles. The van der Waals surface area contributed by atoms with Gasteiger partial charge in [-0.2, -0.15) is 0 Å². The van der Waals surface area contributed by atoms with Gasteiger partial charge in [-0.05, 0) is 25.5 Å². The summed E-state index contributed by atoms with van der Waals surface area (Å²) in [5, 5.41) is 10.2. The molecule has 2 rings (SSSR count). The largest absolute Gasteiger partial charge is 0.478 e. The molecule has 1 aromatic carbocycles. The molecule has 0 saturated heterocycles. The van der Waals surface area contributed by atoms with E-state index in [2.05, 4.69) is 4.74 Å². The molecule has 5 heteroatoms. The lowest BCUT2D eigenvalue weighted by atomic mass is 10.1. The molecule has 5 nitrogen and oxygen atoms in total. The number of rotatable bonds is 3. The van der Waals surface area contributed by atoms with E-state index in [9.17, 15) is 14.7 Å². The second-order valence-corrected chi connectivity index (χ2v) is 4.45. The van der Waals surface area contributed by atoms with E-state index < -0.39 is 11.9 Å². The van der Waals surface area contributed by atoms with Crippen molar-refractivity contribution < 1.29 is 19.4 Å². The molecule has 0 fully saturated rings. The quantitative estimate of drug-likeness (QED) is 0.859. The van der Waals surface area contributed by atoms with Crippen LogP contribution in [0.5, 0.6) is 0 Å². The SMILES string of the molecule is COC(=O)Cn1c(C)cc2ccc(C)c(C(=O)O)c21. The zero-order valence-corrected chi connectivity index (χ0v) is 11.1. The molecule has 100 valence electrons. The molecule has 0 spiro atoms. The Morgan fingerprint density at radius 1 is 1.32 bits per heavy atom. The van der Waals surface area contributed by atoms with Crippen molar-refractivity contribution in [1.29, 1.82) is 0 Å². The van der Waals surface area contributed by atoms with E-state index in [1.165, 1.54) is 7.11 Å². The second kappa shape index (κ2) is 4.76. The van der Waals surface area contributed by atoms with E-state index in [0.717, 1.165) is 11.1 Å². The Hall–Kier alpha value is -2.30. The molecule has 0 aliphatic heterocycles. The van der Waals surface area contributed by atoms with Crippen LogP contribution in [0.25, 0.3) is 10.9 Å². The van der Waals surface area contributed by atoms with Crippen molar-refractivity contribution in [1.82, 2.24) is 4.57 Å². The molecule has 19 heavy (non-hydrogen) atoms. The molecule has 0 bridgehead atoms. The Bertz CT molecular complexity index is 670. The lowest BCUT2D eigenvalue weighted by molar-refractivity contribution is -0.141. The third-order valence-corrected chi connectivity index (χ3v) is 3.21. The number of carbonyl (C=O) groups is 2. The second-order valence-electron chi connectivity index (χ2n) is 4.45. The summed E-state index contributed by atoms with van der Waals surface area (Å²) in [5.41, 5.74) is 2.29. The van der Waals surface area contributed by atoms with E-state index >= 15 is 0 Å². The van der Waals surface area contributed by atoms with Crippen molar-refractivity contribution in [3.8, 4) is 0 Å². The van der Waals surface area contributed by atoms with Crippen molar-refractivity contribution in [3.05, 3.63) is 35.0 Å². The van der Waals surface area contributed by atoms with Gasteiger partial charge in [-0.15, -0.1) is 0 Å². The number of ether oxygens (including phenoxy) is 1. The van der Waals surface area contributed by atoms with Crippen molar-refractivity contribution in [2.75, 3.05) is 7.11 Å². The molecule has 0 aliphatic rings. The van der Waals surface area contributed by atoms with Gasteiger partial charge in [0.1, 0.15) is 6.54 Å². The van der Waals surface area contributed by atoms with Gasteiger partial charge in [0, 0.05) is 11.1 Å². The van der Waals surface area contributed by atoms with Gasteiger partial charge in [-0.25, -0.2) is 4.79 Å². The highest BCUT2D eigenvalue weighted by molar-refractivity contribution is 6.04. The van der Waals surface area contributed by atoms with Crippen LogP contribution in [0.15, 0.2) is 18.2 Å². The Labute approximate surface area is 110 Å². The number of carbonyl (C=O) groups excluding carboxylic acids is 1. The highest BCUT2D eigenvalue weighted by Gasteiger charge is 2.18. The van der Waals surface area contributed by atoms with Crippen molar-refractivity contribution >= 4 is 22.8 Å². The maximum absolute atomic E-state index is 11.5. The first-order chi connectivity index (χ1) is 8.95. The van der Waals surface area contributed by atoms with E-state index in [0.29, 0.717) is 11.1 Å². The first kappa shape index (κ1) is 13.1. The first-order valence-electron chi connectivity index (χ1n) is 5.85. The predicted molar refractivity (Wildman–Crippen MR) is 70.4 cm³/mol. The van der Waals surface area contributed by atoms with Crippen LogP contribution < -0.4 is 0 Å². The van der Waals surface area contributed by atoms with Crippen LogP contribution >= 0.6 is 0 Å². The fourth-order valence-corrected chi connectivity index (χ4v) is 2.26. The Morgan fingerprint density at radius 3 is 2.58 bits per heavy atom. The topological polar surface area (TPSA) is 68.5 Å². The summed E-state index contributed by atoms with van der Waals surface area (Å²) in [6, 6.07) is 5.50. The summed E-state index contributed by atoms with van der Waals surface area (Å²) < 4.78 is 6.33. The molecule has 0 amide bonds. The minimum Gasteiger partial charge on any atom is -0.478 e. The number of hydrogen-bond acceptors (Lipinski definition) is 3. The summed E-state index contributed by atoms with van der Waals surface area (Å²) in [4.78, 5) is 22.9. The Balaban J connectivity index is 2.75. The number of aromatic carboxylic acids is 1. The zero-order chi connectivity index (χ0) is 14.2. The zero-order valence-electron chi connectivity index (χ0n) is 11.1. The van der Waals surface area contributed by atoms with Gasteiger partial charge in [0.2, 0.25) is 0 Å². The van der Waals surface area contributed by atoms with Crippen LogP contribution in [0.2, 0.25) is 0 Å². The average Bonchev–Trinajstić information content (AvgIpc) is 2.65. The smallest absolute Gasteiger partial charge is 0.338 e. The number of esters is 1. The van der Waals surface area contributed by atoms with Crippen LogP contribution in [0.3, 0.4) is 0 Å². The number of aryl methyl sites for hydroxylation is 2. The number of hydrogen-bond donors (Lipinski definition) is 1. The fourth-order valence-electron chi connectivity index (χ4n) is 2.26. The van der Waals surface area contributed by atoms with Crippen LogP contribution in [-0.2, 0) is 16.1 Å². The highest BCUT2D eigenvalue weighted by atomic mass is 16.5. The molecule has 0 atom stereocenters. The van der Waals surface area contributed by atoms with Gasteiger partial charge >= 0.3 is 11.9 Å². The van der Waals surface area contributed by atoms with Crippen LogP contribution in [-0.4, -0.2) is 28.7 Å². The Morgan fingerprint density at radius 2 is 2.00 bits per heavy atom. The maximum Gasteiger partial charge on any atom is 0.338 e. The van der Waals surface area contributed by atoms with Crippen LogP contribution in [0.1, 0.15) is 21.6 Å². The molecule has 0 radical (unpaired) electrons. The minimum absolute atomic E-state index is 0.00949. The summed E-state index contributed by atoms with van der Waals surface area (Å²) in [5.74, 6) is -1.40. The molecule has 0 saturated carbocycles. The van der Waals surface area contributed by atoms with E-state index in [1.807, 2.05) is 19.1 Å². The van der Waals surface area contributed by atoms with Gasteiger partial charge in [0.05, 0.1) is 18.2 Å². The maximum atomic E-state index is 11.5. The third kappa shape index (κ3) is 2.19. The standard InChI is InChI=1S/C14H15NO4/c1-8-4-5-10-6-9(2)15(7-11(16)19-3)13(10)12(8)14(17)18/h4-6H,7H2,1-3H3,(H,17,18). The molecular formula is C14H15NO4. The third-order valence-electron chi connectivity index (χ3n) is 3.21. The number of methoxy groups -OCH3 is 1. The van der Waals surface area contributed by atoms with E-state index in [1.54, 1.807) is 17.6 Å². The molecule has 1 aromatic heterocycles. The molecule has 1 N–H and O–H groups in total. The number of carboxylic acid groups (broad SMARTS) is 1. The number of aromatic nitrogens is 1. The van der Waals surface area contributed by atoms with Crippen molar-refractivity contribution in [3.63, 3.8) is 0 Å². The average molecular weight is 261 g/mol. The Kier molecular flexibility index (Phi) is 3.29. The van der Waals surface area contributed by atoms with Crippen LogP contribution in [0.4, 0.5) is 0 Å². The van der Waals surface area contributed by atoms with Crippen LogP contribution in [0, 0.1) is 13.8 Å². The van der Waals surface area contributed by atoms with Gasteiger partial charge in [-0.3, -0.25) is 4.79 Å². The van der Waals surface area contributed by atoms with Crippen molar-refractivity contribution in [2.45, 2.75) is 20.4 Å². The predicted octanol–water partition coefficient (Wildman–Crippen LogP) is 2.13. The summed E-state index contributed by atoms with van der Waals surface area (Å²) in [7, 11) is 1.31. The first-order valence-corrected chi connectivity index (χ1v) is 5.85. The number of benzene rings is 1.